The minimum absolute atomic E-state index is 0.783. The smallest absolute Gasteiger partial charge is 0.133 e. The Labute approximate surface area is 99.0 Å². The van der Waals surface area contributed by atoms with Gasteiger partial charge >= 0.3 is 0 Å². The molecule has 0 aliphatic heterocycles. The lowest BCUT2D eigenvalue weighted by atomic mass is 10.2. The highest BCUT2D eigenvalue weighted by molar-refractivity contribution is 7.98. The van der Waals surface area contributed by atoms with Crippen molar-refractivity contribution in [2.24, 2.45) is 0 Å². The second kappa shape index (κ2) is 4.61. The van der Waals surface area contributed by atoms with E-state index in [1.54, 1.807) is 11.8 Å². The third-order valence-corrected chi connectivity index (χ3v) is 3.33. The van der Waals surface area contributed by atoms with Gasteiger partial charge in [0.2, 0.25) is 0 Å². The molecule has 2 rings (SSSR count). The van der Waals surface area contributed by atoms with Crippen LogP contribution in [0.15, 0.2) is 33.7 Å². The fourth-order valence-electron chi connectivity index (χ4n) is 1.40. The number of thioether (sulfide) groups is 1. The van der Waals surface area contributed by atoms with E-state index in [-0.39, 0.29) is 0 Å². The molecule has 1 heterocycles. The summed E-state index contributed by atoms with van der Waals surface area (Å²) in [4.78, 5) is 1.10. The molecular weight excluding hydrogens is 220 g/mol. The zero-order chi connectivity index (χ0) is 11.5. The molecule has 0 aliphatic carbocycles. The molecule has 4 heteroatoms. The van der Waals surface area contributed by atoms with Gasteiger partial charge in [-0.2, -0.15) is 0 Å². The summed E-state index contributed by atoms with van der Waals surface area (Å²) >= 11 is 1.68. The van der Waals surface area contributed by atoms with E-state index >= 15 is 0 Å². The van der Waals surface area contributed by atoms with Gasteiger partial charge in [-0.25, -0.2) is 0 Å². The molecule has 3 nitrogen and oxygen atoms in total. The van der Waals surface area contributed by atoms with Crippen LogP contribution >= 0.6 is 11.8 Å². The van der Waals surface area contributed by atoms with Crippen molar-refractivity contribution in [2.45, 2.75) is 24.5 Å². The summed E-state index contributed by atoms with van der Waals surface area (Å²) in [6.07, 6.45) is 0. The zero-order valence-electron chi connectivity index (χ0n) is 9.36. The van der Waals surface area contributed by atoms with Crippen molar-refractivity contribution in [1.82, 2.24) is 5.16 Å². The van der Waals surface area contributed by atoms with Crippen molar-refractivity contribution in [3.63, 3.8) is 0 Å². The first kappa shape index (κ1) is 11.1. The molecule has 84 valence electrons. The number of hydrogen-bond acceptors (Lipinski definition) is 4. The van der Waals surface area contributed by atoms with Crippen molar-refractivity contribution < 1.29 is 4.52 Å². The van der Waals surface area contributed by atoms with Crippen LogP contribution in [0.2, 0.25) is 0 Å². The SMILES string of the molecule is Cc1ccc(N)c(SCc2cc(C)on2)c1. The van der Waals surface area contributed by atoms with Gasteiger partial charge < -0.3 is 10.3 Å². The van der Waals surface area contributed by atoms with Crippen LogP contribution in [-0.2, 0) is 5.75 Å². The summed E-state index contributed by atoms with van der Waals surface area (Å²) in [5, 5.41) is 3.95. The number of aryl methyl sites for hydroxylation is 2. The minimum atomic E-state index is 0.783. The largest absolute Gasteiger partial charge is 0.398 e. The molecule has 0 aliphatic rings. The maximum Gasteiger partial charge on any atom is 0.133 e. The Bertz CT molecular complexity index is 494. The van der Waals surface area contributed by atoms with E-state index in [0.29, 0.717) is 0 Å². The fourth-order valence-corrected chi connectivity index (χ4v) is 2.35. The predicted octanol–water partition coefficient (Wildman–Crippen LogP) is 3.17. The van der Waals surface area contributed by atoms with E-state index in [2.05, 4.69) is 18.1 Å². The van der Waals surface area contributed by atoms with Crippen molar-refractivity contribution in [2.75, 3.05) is 5.73 Å². The third-order valence-electron chi connectivity index (χ3n) is 2.22. The van der Waals surface area contributed by atoms with Crippen molar-refractivity contribution >= 4 is 17.4 Å². The summed E-state index contributed by atoms with van der Waals surface area (Å²) in [6.45, 7) is 3.95. The summed E-state index contributed by atoms with van der Waals surface area (Å²) in [7, 11) is 0. The minimum Gasteiger partial charge on any atom is -0.398 e. The lowest BCUT2D eigenvalue weighted by Gasteiger charge is -2.04. The van der Waals surface area contributed by atoms with E-state index in [4.69, 9.17) is 10.3 Å². The molecule has 0 bridgehead atoms. The Hall–Kier alpha value is -1.42. The van der Waals surface area contributed by atoms with Crippen LogP contribution < -0.4 is 5.73 Å². The van der Waals surface area contributed by atoms with Gasteiger partial charge in [0.15, 0.2) is 0 Å². The quantitative estimate of drug-likeness (QED) is 0.654. The summed E-state index contributed by atoms with van der Waals surface area (Å²) < 4.78 is 5.01. The van der Waals surface area contributed by atoms with E-state index in [0.717, 1.165) is 27.8 Å². The highest BCUT2D eigenvalue weighted by atomic mass is 32.2. The molecule has 0 amide bonds. The van der Waals surface area contributed by atoms with Gasteiger partial charge in [-0.15, -0.1) is 11.8 Å². The number of hydrogen-bond donors (Lipinski definition) is 1. The zero-order valence-corrected chi connectivity index (χ0v) is 10.2. The average molecular weight is 234 g/mol. The normalized spacial score (nSPS) is 10.6. The van der Waals surface area contributed by atoms with Crippen LogP contribution in [0.5, 0.6) is 0 Å². The van der Waals surface area contributed by atoms with Crippen molar-refractivity contribution in [3.05, 3.63) is 41.3 Å². The van der Waals surface area contributed by atoms with Crippen molar-refractivity contribution in [1.29, 1.82) is 0 Å². The molecule has 0 fully saturated rings. The molecule has 0 radical (unpaired) electrons. The molecule has 2 aromatic rings. The highest BCUT2D eigenvalue weighted by Crippen LogP contribution is 2.28. The fraction of sp³-hybridized carbons (Fsp3) is 0.250. The van der Waals surface area contributed by atoms with Gasteiger partial charge in [-0.1, -0.05) is 11.2 Å². The number of nitrogens with two attached hydrogens (primary N) is 1. The number of benzene rings is 1. The molecule has 1 aromatic carbocycles. The Balaban J connectivity index is 2.07. The first-order valence-corrected chi connectivity index (χ1v) is 6.05. The molecule has 0 atom stereocenters. The molecule has 0 saturated carbocycles. The van der Waals surface area contributed by atoms with E-state index in [1.807, 2.05) is 25.1 Å². The molecule has 1 aromatic heterocycles. The average Bonchev–Trinajstić information content (AvgIpc) is 2.66. The monoisotopic (exact) mass is 234 g/mol. The number of aromatic nitrogens is 1. The Morgan fingerprint density at radius 3 is 2.81 bits per heavy atom. The maximum absolute atomic E-state index is 5.89. The van der Waals surface area contributed by atoms with Gasteiger partial charge in [0.1, 0.15) is 5.76 Å². The first-order valence-electron chi connectivity index (χ1n) is 5.06. The molecule has 0 saturated heterocycles. The second-order valence-corrected chi connectivity index (χ2v) is 4.78. The van der Waals surface area contributed by atoms with E-state index < -0.39 is 0 Å². The highest BCUT2D eigenvalue weighted by Gasteiger charge is 2.04. The Morgan fingerprint density at radius 1 is 1.31 bits per heavy atom. The lowest BCUT2D eigenvalue weighted by molar-refractivity contribution is 0.393. The van der Waals surface area contributed by atoms with Crippen LogP contribution in [0.1, 0.15) is 17.0 Å². The van der Waals surface area contributed by atoms with E-state index in [1.165, 1.54) is 5.56 Å². The molecule has 0 unspecified atom stereocenters. The summed E-state index contributed by atoms with van der Waals surface area (Å²) in [6, 6.07) is 7.98. The Morgan fingerprint density at radius 2 is 2.12 bits per heavy atom. The van der Waals surface area contributed by atoms with Crippen LogP contribution in [0.4, 0.5) is 5.69 Å². The van der Waals surface area contributed by atoms with Crippen LogP contribution in [0, 0.1) is 13.8 Å². The van der Waals surface area contributed by atoms with Gasteiger partial charge in [0.05, 0.1) is 5.69 Å². The molecule has 2 N–H and O–H groups in total. The maximum atomic E-state index is 5.89. The van der Waals surface area contributed by atoms with Gasteiger partial charge in [0.25, 0.3) is 0 Å². The van der Waals surface area contributed by atoms with Crippen LogP contribution in [0.3, 0.4) is 0 Å². The lowest BCUT2D eigenvalue weighted by Crippen LogP contribution is -1.89. The topological polar surface area (TPSA) is 52.0 Å². The third kappa shape index (κ3) is 2.58. The number of anilines is 1. The summed E-state index contributed by atoms with van der Waals surface area (Å²) in [5.41, 5.74) is 8.87. The first-order chi connectivity index (χ1) is 7.65. The van der Waals surface area contributed by atoms with Crippen LogP contribution in [0.25, 0.3) is 0 Å². The van der Waals surface area contributed by atoms with Gasteiger partial charge in [-0.3, -0.25) is 0 Å². The van der Waals surface area contributed by atoms with Crippen LogP contribution in [-0.4, -0.2) is 5.16 Å². The second-order valence-electron chi connectivity index (χ2n) is 3.76. The number of nitrogen functional groups attached to an aromatic ring is 1. The number of rotatable bonds is 3. The van der Waals surface area contributed by atoms with Crippen molar-refractivity contribution in [3.8, 4) is 0 Å². The van der Waals surface area contributed by atoms with Gasteiger partial charge in [0, 0.05) is 22.4 Å². The number of nitrogens with zero attached hydrogens (tertiary/aromatic N) is 1. The molecule has 16 heavy (non-hydrogen) atoms. The molecule has 0 spiro atoms. The molecular formula is C12H14N2OS. The summed E-state index contributed by atoms with van der Waals surface area (Å²) in [5.74, 6) is 1.62. The predicted molar refractivity (Wildman–Crippen MR) is 66.4 cm³/mol. The Kier molecular flexibility index (Phi) is 3.19. The standard InChI is InChI=1S/C12H14N2OS/c1-8-3-4-11(13)12(5-8)16-7-10-6-9(2)15-14-10/h3-6H,7,13H2,1-2H3. The van der Waals surface area contributed by atoms with Gasteiger partial charge in [-0.05, 0) is 31.5 Å². The van der Waals surface area contributed by atoms with E-state index in [9.17, 15) is 0 Å².